The molecule has 2 amide bonds. The molecule has 0 spiro atoms. The van der Waals surface area contributed by atoms with Gasteiger partial charge in [0.05, 0.1) is 0 Å². The average Bonchev–Trinajstić information content (AvgIpc) is 1.87. The van der Waals surface area contributed by atoms with Gasteiger partial charge >= 0.3 is 0 Å². The van der Waals surface area contributed by atoms with E-state index in [-0.39, 0.29) is 18.2 Å². The predicted molar refractivity (Wildman–Crippen MR) is 38.3 cm³/mol. The molecule has 0 radical (unpaired) electrons. The lowest BCUT2D eigenvalue weighted by Gasteiger charge is -2.10. The van der Waals surface area contributed by atoms with Gasteiger partial charge in [0.15, 0.2) is 0 Å². The van der Waals surface area contributed by atoms with Gasteiger partial charge in [-0.2, -0.15) is 0 Å². The van der Waals surface area contributed by atoms with Gasteiger partial charge in [0.1, 0.15) is 0 Å². The lowest BCUT2D eigenvalue weighted by atomic mass is 10.4. The molecule has 0 aromatic rings. The Labute approximate surface area is 60.3 Å². The smallest absolute Gasteiger partial charge is 0.232 e. The fourth-order valence-electron chi connectivity index (χ4n) is 0.436. The van der Waals surface area contributed by atoms with Crippen molar-refractivity contribution in [1.82, 2.24) is 4.90 Å². The molecule has 0 saturated heterocycles. The highest BCUT2D eigenvalue weighted by Gasteiger charge is 2.09. The van der Waals surface area contributed by atoms with Gasteiger partial charge in [-0.05, 0) is 0 Å². The van der Waals surface area contributed by atoms with E-state index in [1.54, 1.807) is 0 Å². The largest absolute Gasteiger partial charge is 0.286 e. The van der Waals surface area contributed by atoms with Crippen molar-refractivity contribution in [3.63, 3.8) is 0 Å². The maximum absolute atomic E-state index is 10.8. The highest BCUT2D eigenvalue weighted by molar-refractivity contribution is 5.94. The number of imide groups is 1. The van der Waals surface area contributed by atoms with Crippen LogP contribution in [0.4, 0.5) is 0 Å². The van der Waals surface area contributed by atoms with Gasteiger partial charge in [-0.15, -0.1) is 6.58 Å². The third-order valence-corrected chi connectivity index (χ3v) is 1.17. The lowest BCUT2D eigenvalue weighted by Crippen LogP contribution is -2.30. The van der Waals surface area contributed by atoms with Crippen LogP contribution in [0, 0.1) is 0 Å². The molecule has 0 heterocycles. The Kier molecular flexibility index (Phi) is 3.39. The average molecular weight is 141 g/mol. The SMILES string of the molecule is C=CCC(=O)N(C)C(C)=O. The topological polar surface area (TPSA) is 37.4 Å². The van der Waals surface area contributed by atoms with Gasteiger partial charge < -0.3 is 0 Å². The van der Waals surface area contributed by atoms with Crippen molar-refractivity contribution in [3.8, 4) is 0 Å². The number of amides is 2. The fraction of sp³-hybridized carbons (Fsp3) is 0.429. The molecule has 10 heavy (non-hydrogen) atoms. The Morgan fingerprint density at radius 1 is 1.60 bits per heavy atom. The molecule has 3 nitrogen and oxygen atoms in total. The number of rotatable bonds is 2. The third kappa shape index (κ3) is 2.44. The van der Waals surface area contributed by atoms with Gasteiger partial charge in [-0.25, -0.2) is 0 Å². The summed E-state index contributed by atoms with van der Waals surface area (Å²) in [6, 6.07) is 0. The molecule has 0 saturated carbocycles. The number of hydrogen-bond acceptors (Lipinski definition) is 2. The molecule has 0 atom stereocenters. The summed E-state index contributed by atoms with van der Waals surface area (Å²) >= 11 is 0. The van der Waals surface area contributed by atoms with E-state index >= 15 is 0 Å². The number of hydrogen-bond donors (Lipinski definition) is 0. The minimum absolute atomic E-state index is 0.218. The first-order valence-electron chi connectivity index (χ1n) is 2.97. The van der Waals surface area contributed by atoms with Crippen molar-refractivity contribution < 1.29 is 9.59 Å². The quantitative estimate of drug-likeness (QED) is 0.527. The molecule has 0 aromatic heterocycles. The van der Waals surface area contributed by atoms with Gasteiger partial charge in [-0.1, -0.05) is 6.08 Å². The number of carbonyl (C=O) groups is 2. The van der Waals surface area contributed by atoms with E-state index in [4.69, 9.17) is 0 Å². The van der Waals surface area contributed by atoms with Crippen molar-refractivity contribution >= 4 is 11.8 Å². The maximum Gasteiger partial charge on any atom is 0.232 e. The summed E-state index contributed by atoms with van der Waals surface area (Å²) < 4.78 is 0. The first-order valence-corrected chi connectivity index (χ1v) is 2.97. The first kappa shape index (κ1) is 8.88. The van der Waals surface area contributed by atoms with Crippen LogP contribution in [0.25, 0.3) is 0 Å². The molecule has 0 aliphatic heterocycles. The van der Waals surface area contributed by atoms with Crippen LogP contribution in [-0.4, -0.2) is 23.8 Å². The zero-order valence-electron chi connectivity index (χ0n) is 6.26. The van der Waals surface area contributed by atoms with Gasteiger partial charge in [-0.3, -0.25) is 14.5 Å². The van der Waals surface area contributed by atoms with Crippen LogP contribution in [0.3, 0.4) is 0 Å². The normalized spacial score (nSPS) is 8.60. The van der Waals surface area contributed by atoms with Gasteiger partial charge in [0.2, 0.25) is 11.8 Å². The molecule has 56 valence electrons. The van der Waals surface area contributed by atoms with E-state index in [1.165, 1.54) is 20.0 Å². The van der Waals surface area contributed by atoms with Gasteiger partial charge in [0, 0.05) is 20.4 Å². The van der Waals surface area contributed by atoms with Crippen LogP contribution in [0.5, 0.6) is 0 Å². The molecule has 3 heteroatoms. The summed E-state index contributed by atoms with van der Waals surface area (Å²) in [5, 5.41) is 0. The van der Waals surface area contributed by atoms with E-state index in [1.807, 2.05) is 0 Å². The monoisotopic (exact) mass is 141 g/mol. The molecular formula is C7H11NO2. The van der Waals surface area contributed by atoms with Crippen LogP contribution < -0.4 is 0 Å². The Balaban J connectivity index is 3.94. The molecule has 0 fully saturated rings. The van der Waals surface area contributed by atoms with Gasteiger partial charge in [0.25, 0.3) is 0 Å². The first-order chi connectivity index (χ1) is 4.59. The molecule has 0 rings (SSSR count). The minimum atomic E-state index is -0.244. The third-order valence-electron chi connectivity index (χ3n) is 1.17. The van der Waals surface area contributed by atoms with Crippen LogP contribution in [0.1, 0.15) is 13.3 Å². The molecule has 0 aromatic carbocycles. The Hall–Kier alpha value is -1.12. The van der Waals surface area contributed by atoms with Crippen molar-refractivity contribution in [3.05, 3.63) is 12.7 Å². The van der Waals surface area contributed by atoms with Crippen molar-refractivity contribution in [2.75, 3.05) is 7.05 Å². The molecular weight excluding hydrogens is 130 g/mol. The highest BCUT2D eigenvalue weighted by atomic mass is 16.2. The lowest BCUT2D eigenvalue weighted by molar-refractivity contribution is -0.141. The zero-order chi connectivity index (χ0) is 8.15. The van der Waals surface area contributed by atoms with Crippen molar-refractivity contribution in [2.24, 2.45) is 0 Å². The van der Waals surface area contributed by atoms with E-state index in [0.29, 0.717) is 0 Å². The minimum Gasteiger partial charge on any atom is -0.286 e. The highest BCUT2D eigenvalue weighted by Crippen LogP contribution is 1.90. The van der Waals surface area contributed by atoms with Crippen LogP contribution in [0.15, 0.2) is 12.7 Å². The maximum atomic E-state index is 10.8. The Bertz CT molecular complexity index is 163. The van der Waals surface area contributed by atoms with E-state index in [9.17, 15) is 9.59 Å². The van der Waals surface area contributed by atoms with E-state index < -0.39 is 0 Å². The summed E-state index contributed by atoms with van der Waals surface area (Å²) in [6.45, 7) is 4.73. The second-order valence-electron chi connectivity index (χ2n) is 1.96. The molecule has 0 N–H and O–H groups in total. The summed E-state index contributed by atoms with van der Waals surface area (Å²) in [7, 11) is 1.45. The second kappa shape index (κ2) is 3.82. The summed E-state index contributed by atoms with van der Waals surface area (Å²) in [5.74, 6) is -0.464. The van der Waals surface area contributed by atoms with Crippen LogP contribution >= 0.6 is 0 Å². The fourth-order valence-corrected chi connectivity index (χ4v) is 0.436. The zero-order valence-corrected chi connectivity index (χ0v) is 6.26. The van der Waals surface area contributed by atoms with Crippen LogP contribution in [-0.2, 0) is 9.59 Å². The Morgan fingerprint density at radius 3 is 2.40 bits per heavy atom. The van der Waals surface area contributed by atoms with Crippen molar-refractivity contribution in [1.29, 1.82) is 0 Å². The molecule has 0 aliphatic carbocycles. The van der Waals surface area contributed by atoms with E-state index in [0.717, 1.165) is 4.90 Å². The predicted octanol–water partition coefficient (Wildman–Crippen LogP) is 0.567. The van der Waals surface area contributed by atoms with Crippen LogP contribution in [0.2, 0.25) is 0 Å². The molecule has 0 bridgehead atoms. The van der Waals surface area contributed by atoms with E-state index in [2.05, 4.69) is 6.58 Å². The summed E-state index contributed by atoms with van der Waals surface area (Å²) in [4.78, 5) is 22.4. The Morgan fingerprint density at radius 2 is 2.10 bits per heavy atom. The number of nitrogens with zero attached hydrogens (tertiary/aromatic N) is 1. The molecule has 0 aliphatic rings. The molecule has 0 unspecified atom stereocenters. The summed E-state index contributed by atoms with van der Waals surface area (Å²) in [5.41, 5.74) is 0. The number of carbonyl (C=O) groups excluding carboxylic acids is 2. The second-order valence-corrected chi connectivity index (χ2v) is 1.96. The van der Waals surface area contributed by atoms with Crippen molar-refractivity contribution in [2.45, 2.75) is 13.3 Å². The summed E-state index contributed by atoms with van der Waals surface area (Å²) in [6.07, 6.45) is 1.69. The standard InChI is InChI=1S/C7H11NO2/c1-4-5-7(10)8(3)6(2)9/h4H,1,5H2,2-3H3.